The van der Waals surface area contributed by atoms with Crippen LogP contribution in [0.5, 0.6) is 0 Å². The topological polar surface area (TPSA) is 50.7 Å². The van der Waals surface area contributed by atoms with Crippen LogP contribution < -0.4 is 5.32 Å². The van der Waals surface area contributed by atoms with Gasteiger partial charge in [-0.3, -0.25) is 4.98 Å². The van der Waals surface area contributed by atoms with Crippen molar-refractivity contribution in [1.29, 1.82) is 0 Å². The van der Waals surface area contributed by atoms with E-state index in [1.165, 1.54) is 19.3 Å². The highest BCUT2D eigenvalue weighted by molar-refractivity contribution is 5.58. The number of nitrogens with zero attached hydrogens (tertiary/aromatic N) is 3. The van der Waals surface area contributed by atoms with Gasteiger partial charge in [-0.1, -0.05) is 6.42 Å². The zero-order valence-corrected chi connectivity index (χ0v) is 12.1. The lowest BCUT2D eigenvalue weighted by atomic mass is 9.85. The maximum Gasteiger partial charge on any atom is 0.163 e. The van der Waals surface area contributed by atoms with E-state index in [9.17, 15) is 0 Å². The van der Waals surface area contributed by atoms with Crippen LogP contribution in [0, 0.1) is 19.8 Å². The molecular formula is C16H20N4. The van der Waals surface area contributed by atoms with Crippen molar-refractivity contribution in [2.45, 2.75) is 33.1 Å². The molecule has 1 aliphatic carbocycles. The van der Waals surface area contributed by atoms with E-state index in [1.54, 1.807) is 12.4 Å². The maximum atomic E-state index is 4.67. The SMILES string of the molecule is Cc1nc(-c2cccnc2)nc(NCC2CCC2)c1C. The largest absolute Gasteiger partial charge is 0.369 e. The molecule has 0 aliphatic heterocycles. The van der Waals surface area contributed by atoms with E-state index >= 15 is 0 Å². The molecule has 0 bridgehead atoms. The van der Waals surface area contributed by atoms with Gasteiger partial charge in [0.1, 0.15) is 5.82 Å². The Hall–Kier alpha value is -1.97. The highest BCUT2D eigenvalue weighted by Crippen LogP contribution is 2.27. The average molecular weight is 268 g/mol. The molecule has 104 valence electrons. The molecule has 1 fully saturated rings. The van der Waals surface area contributed by atoms with Crippen molar-refractivity contribution in [2.75, 3.05) is 11.9 Å². The molecular weight excluding hydrogens is 248 g/mol. The van der Waals surface area contributed by atoms with E-state index in [2.05, 4.69) is 27.2 Å². The van der Waals surface area contributed by atoms with Crippen LogP contribution in [0.2, 0.25) is 0 Å². The van der Waals surface area contributed by atoms with E-state index in [-0.39, 0.29) is 0 Å². The Kier molecular flexibility index (Phi) is 3.63. The van der Waals surface area contributed by atoms with Gasteiger partial charge in [0.05, 0.1) is 0 Å². The fourth-order valence-electron chi connectivity index (χ4n) is 2.36. The second kappa shape index (κ2) is 5.57. The normalized spacial score (nSPS) is 14.9. The van der Waals surface area contributed by atoms with Crippen LogP contribution in [0.25, 0.3) is 11.4 Å². The summed E-state index contributed by atoms with van der Waals surface area (Å²) in [5.74, 6) is 2.52. The summed E-state index contributed by atoms with van der Waals surface area (Å²) in [5, 5.41) is 3.49. The summed E-state index contributed by atoms with van der Waals surface area (Å²) < 4.78 is 0. The van der Waals surface area contributed by atoms with Gasteiger partial charge in [-0.2, -0.15) is 0 Å². The Bertz CT molecular complexity index is 591. The van der Waals surface area contributed by atoms with Crippen molar-refractivity contribution >= 4 is 5.82 Å². The molecule has 0 amide bonds. The van der Waals surface area contributed by atoms with Crippen LogP contribution in [0.15, 0.2) is 24.5 Å². The summed E-state index contributed by atoms with van der Waals surface area (Å²) in [7, 11) is 0. The summed E-state index contributed by atoms with van der Waals surface area (Å²) >= 11 is 0. The van der Waals surface area contributed by atoms with Gasteiger partial charge < -0.3 is 5.32 Å². The minimum Gasteiger partial charge on any atom is -0.369 e. The lowest BCUT2D eigenvalue weighted by Gasteiger charge is -2.26. The predicted octanol–water partition coefficient (Wildman–Crippen LogP) is 3.37. The maximum absolute atomic E-state index is 4.67. The molecule has 2 heterocycles. The van der Waals surface area contributed by atoms with Gasteiger partial charge in [-0.25, -0.2) is 9.97 Å². The van der Waals surface area contributed by atoms with Crippen LogP contribution in [-0.2, 0) is 0 Å². The molecule has 0 atom stereocenters. The number of anilines is 1. The molecule has 2 aromatic rings. The third-order valence-electron chi connectivity index (χ3n) is 4.09. The molecule has 20 heavy (non-hydrogen) atoms. The minimum absolute atomic E-state index is 0.748. The first-order valence-corrected chi connectivity index (χ1v) is 7.23. The summed E-state index contributed by atoms with van der Waals surface area (Å²) in [6, 6.07) is 3.90. The second-order valence-electron chi connectivity index (χ2n) is 5.53. The molecule has 1 aliphatic rings. The first-order chi connectivity index (χ1) is 9.74. The van der Waals surface area contributed by atoms with Crippen molar-refractivity contribution in [2.24, 2.45) is 5.92 Å². The van der Waals surface area contributed by atoms with Crippen LogP contribution >= 0.6 is 0 Å². The van der Waals surface area contributed by atoms with Crippen LogP contribution in [0.3, 0.4) is 0 Å². The molecule has 0 radical (unpaired) electrons. The van der Waals surface area contributed by atoms with E-state index < -0.39 is 0 Å². The van der Waals surface area contributed by atoms with Gasteiger partial charge in [0.15, 0.2) is 5.82 Å². The highest BCUT2D eigenvalue weighted by atomic mass is 15.0. The average Bonchev–Trinajstić information content (AvgIpc) is 2.42. The summed E-state index contributed by atoms with van der Waals surface area (Å²) in [4.78, 5) is 13.4. The minimum atomic E-state index is 0.748. The quantitative estimate of drug-likeness (QED) is 0.923. The molecule has 0 saturated heterocycles. The lowest BCUT2D eigenvalue weighted by molar-refractivity contribution is 0.333. The van der Waals surface area contributed by atoms with Crippen molar-refractivity contribution in [3.63, 3.8) is 0 Å². The summed E-state index contributed by atoms with van der Waals surface area (Å²) in [6.07, 6.45) is 7.62. The first-order valence-electron chi connectivity index (χ1n) is 7.23. The number of hydrogen-bond acceptors (Lipinski definition) is 4. The van der Waals surface area contributed by atoms with Crippen molar-refractivity contribution in [3.05, 3.63) is 35.8 Å². The number of aromatic nitrogens is 3. The van der Waals surface area contributed by atoms with Gasteiger partial charge in [0.2, 0.25) is 0 Å². The van der Waals surface area contributed by atoms with Gasteiger partial charge in [-0.05, 0) is 44.7 Å². The fourth-order valence-corrected chi connectivity index (χ4v) is 2.36. The monoisotopic (exact) mass is 268 g/mol. The third kappa shape index (κ3) is 2.64. The van der Waals surface area contributed by atoms with E-state index in [1.807, 2.05) is 19.1 Å². The number of aryl methyl sites for hydroxylation is 1. The Labute approximate surface area is 119 Å². The smallest absolute Gasteiger partial charge is 0.163 e. The first kappa shape index (κ1) is 13.0. The Morgan fingerprint density at radius 2 is 2.10 bits per heavy atom. The Morgan fingerprint density at radius 3 is 2.75 bits per heavy atom. The van der Waals surface area contributed by atoms with E-state index in [0.717, 1.165) is 40.9 Å². The van der Waals surface area contributed by atoms with Crippen LogP contribution in [-0.4, -0.2) is 21.5 Å². The molecule has 4 nitrogen and oxygen atoms in total. The second-order valence-corrected chi connectivity index (χ2v) is 5.53. The highest BCUT2D eigenvalue weighted by Gasteiger charge is 2.18. The fraction of sp³-hybridized carbons (Fsp3) is 0.438. The molecule has 0 unspecified atom stereocenters. The lowest BCUT2D eigenvalue weighted by Crippen LogP contribution is -2.22. The van der Waals surface area contributed by atoms with Crippen LogP contribution in [0.1, 0.15) is 30.5 Å². The van der Waals surface area contributed by atoms with Gasteiger partial charge >= 0.3 is 0 Å². The molecule has 3 rings (SSSR count). The van der Waals surface area contributed by atoms with Gasteiger partial charge in [0.25, 0.3) is 0 Å². The zero-order valence-electron chi connectivity index (χ0n) is 12.1. The summed E-state index contributed by atoms with van der Waals surface area (Å²) in [5.41, 5.74) is 3.12. The predicted molar refractivity (Wildman–Crippen MR) is 80.6 cm³/mol. The van der Waals surface area contributed by atoms with Gasteiger partial charge in [0, 0.05) is 35.8 Å². The number of rotatable bonds is 4. The standard InChI is InChI=1S/C16H20N4/c1-11-12(2)19-16(14-7-4-8-17-10-14)20-15(11)18-9-13-5-3-6-13/h4,7-8,10,13H,3,5-6,9H2,1-2H3,(H,18,19,20). The molecule has 0 spiro atoms. The molecule has 0 aromatic carbocycles. The van der Waals surface area contributed by atoms with Crippen LogP contribution in [0.4, 0.5) is 5.82 Å². The summed E-state index contributed by atoms with van der Waals surface area (Å²) in [6.45, 7) is 5.13. The van der Waals surface area contributed by atoms with E-state index in [0.29, 0.717) is 0 Å². The molecule has 1 N–H and O–H groups in total. The molecule has 4 heteroatoms. The van der Waals surface area contributed by atoms with Crippen molar-refractivity contribution < 1.29 is 0 Å². The Balaban J connectivity index is 1.86. The third-order valence-corrected chi connectivity index (χ3v) is 4.09. The molecule has 1 saturated carbocycles. The molecule has 2 aromatic heterocycles. The van der Waals surface area contributed by atoms with E-state index in [4.69, 9.17) is 0 Å². The Morgan fingerprint density at radius 1 is 1.25 bits per heavy atom. The number of hydrogen-bond donors (Lipinski definition) is 1. The number of nitrogens with one attached hydrogen (secondary N) is 1. The van der Waals surface area contributed by atoms with Gasteiger partial charge in [-0.15, -0.1) is 0 Å². The van der Waals surface area contributed by atoms with Crippen molar-refractivity contribution in [1.82, 2.24) is 15.0 Å². The van der Waals surface area contributed by atoms with Crippen molar-refractivity contribution in [3.8, 4) is 11.4 Å². The zero-order chi connectivity index (χ0) is 13.9. The number of pyridine rings is 1.